The standard InChI is InChI=1S/C14H18O3/c1-8-5-6-10(17-4)9(7-8)11-12(13(15)16)14(11,2)3/h5-7,11-12H,1-4H3,(H,15,16)/t11-,12+/m0/s1. The highest BCUT2D eigenvalue weighted by Gasteiger charge is 2.63. The second-order valence-electron chi connectivity index (χ2n) is 5.36. The molecule has 1 N–H and O–H groups in total. The number of methoxy groups -OCH3 is 1. The number of aliphatic carboxylic acids is 1. The summed E-state index contributed by atoms with van der Waals surface area (Å²) in [6, 6.07) is 5.93. The Balaban J connectivity index is 2.42. The average Bonchev–Trinajstić information content (AvgIpc) is 2.81. The predicted molar refractivity (Wildman–Crippen MR) is 65.4 cm³/mol. The van der Waals surface area contributed by atoms with E-state index < -0.39 is 5.97 Å². The molecule has 0 radical (unpaired) electrons. The Morgan fingerprint density at radius 1 is 1.41 bits per heavy atom. The van der Waals surface area contributed by atoms with E-state index in [2.05, 4.69) is 0 Å². The van der Waals surface area contributed by atoms with Gasteiger partial charge in [0.25, 0.3) is 0 Å². The van der Waals surface area contributed by atoms with Crippen molar-refractivity contribution >= 4 is 5.97 Å². The van der Waals surface area contributed by atoms with Crippen molar-refractivity contribution in [3.05, 3.63) is 29.3 Å². The predicted octanol–water partition coefficient (Wildman–Crippen LogP) is 2.83. The lowest BCUT2D eigenvalue weighted by atomic mass is 10.0. The Morgan fingerprint density at radius 3 is 2.53 bits per heavy atom. The largest absolute Gasteiger partial charge is 0.496 e. The Bertz CT molecular complexity index is 463. The summed E-state index contributed by atoms with van der Waals surface area (Å²) in [4.78, 5) is 11.2. The van der Waals surface area contributed by atoms with Crippen LogP contribution in [0.2, 0.25) is 0 Å². The number of hydrogen-bond donors (Lipinski definition) is 1. The van der Waals surface area contributed by atoms with Gasteiger partial charge in [0.2, 0.25) is 0 Å². The van der Waals surface area contributed by atoms with Gasteiger partial charge in [-0.1, -0.05) is 31.5 Å². The highest BCUT2D eigenvalue weighted by atomic mass is 16.5. The fourth-order valence-electron chi connectivity index (χ4n) is 2.78. The first-order chi connectivity index (χ1) is 7.89. The van der Waals surface area contributed by atoms with Crippen LogP contribution in [0.1, 0.15) is 30.9 Å². The number of carboxylic acids is 1. The molecule has 0 unspecified atom stereocenters. The van der Waals surface area contributed by atoms with Crippen molar-refractivity contribution in [2.75, 3.05) is 7.11 Å². The van der Waals surface area contributed by atoms with Gasteiger partial charge in [-0.2, -0.15) is 0 Å². The number of ether oxygens (including phenoxy) is 1. The van der Waals surface area contributed by atoms with E-state index in [-0.39, 0.29) is 17.3 Å². The van der Waals surface area contributed by atoms with E-state index >= 15 is 0 Å². The van der Waals surface area contributed by atoms with Gasteiger partial charge in [0.15, 0.2) is 0 Å². The molecule has 92 valence electrons. The molecule has 17 heavy (non-hydrogen) atoms. The van der Waals surface area contributed by atoms with Gasteiger partial charge in [-0.25, -0.2) is 0 Å². The Kier molecular flexibility index (Phi) is 2.64. The summed E-state index contributed by atoms with van der Waals surface area (Å²) >= 11 is 0. The molecule has 0 aliphatic heterocycles. The number of carboxylic acid groups (broad SMARTS) is 1. The monoisotopic (exact) mass is 234 g/mol. The summed E-state index contributed by atoms with van der Waals surface area (Å²) < 4.78 is 5.33. The lowest BCUT2D eigenvalue weighted by Gasteiger charge is -2.10. The summed E-state index contributed by atoms with van der Waals surface area (Å²) in [6.45, 7) is 6.00. The first-order valence-corrected chi connectivity index (χ1v) is 5.77. The van der Waals surface area contributed by atoms with E-state index in [1.54, 1.807) is 7.11 Å². The molecule has 1 saturated carbocycles. The third-order valence-corrected chi connectivity index (χ3v) is 3.81. The van der Waals surface area contributed by atoms with Crippen LogP contribution in [0.5, 0.6) is 5.75 Å². The molecule has 1 fully saturated rings. The van der Waals surface area contributed by atoms with E-state index in [9.17, 15) is 9.90 Å². The van der Waals surface area contributed by atoms with Gasteiger partial charge in [-0.3, -0.25) is 4.79 Å². The topological polar surface area (TPSA) is 46.5 Å². The van der Waals surface area contributed by atoms with Crippen molar-refractivity contribution in [3.63, 3.8) is 0 Å². The van der Waals surface area contributed by atoms with Crippen LogP contribution in [-0.4, -0.2) is 18.2 Å². The molecule has 0 amide bonds. The number of carbonyl (C=O) groups is 1. The second kappa shape index (κ2) is 3.76. The van der Waals surface area contributed by atoms with Crippen LogP contribution in [0.3, 0.4) is 0 Å². The Morgan fingerprint density at radius 2 is 2.06 bits per heavy atom. The van der Waals surface area contributed by atoms with Gasteiger partial charge in [-0.15, -0.1) is 0 Å². The average molecular weight is 234 g/mol. The first kappa shape index (κ1) is 12.0. The zero-order valence-electron chi connectivity index (χ0n) is 10.7. The SMILES string of the molecule is COc1ccc(C)cc1[C@H]1[C@H](C(=O)O)C1(C)C. The number of hydrogen-bond acceptors (Lipinski definition) is 2. The molecule has 1 aliphatic rings. The van der Waals surface area contributed by atoms with Gasteiger partial charge in [0.1, 0.15) is 5.75 Å². The molecule has 0 saturated heterocycles. The minimum absolute atomic E-state index is 0.0508. The van der Waals surface area contributed by atoms with E-state index in [4.69, 9.17) is 4.74 Å². The normalized spacial score (nSPS) is 25.4. The van der Waals surface area contributed by atoms with E-state index in [0.717, 1.165) is 16.9 Å². The summed E-state index contributed by atoms with van der Waals surface area (Å²) in [5, 5.41) is 9.21. The van der Waals surface area contributed by atoms with Crippen LogP contribution in [0.15, 0.2) is 18.2 Å². The molecule has 2 atom stereocenters. The minimum Gasteiger partial charge on any atom is -0.496 e. The minimum atomic E-state index is -0.719. The van der Waals surface area contributed by atoms with Crippen LogP contribution < -0.4 is 4.74 Å². The maximum absolute atomic E-state index is 11.2. The van der Waals surface area contributed by atoms with Crippen molar-refractivity contribution in [2.45, 2.75) is 26.7 Å². The van der Waals surface area contributed by atoms with Gasteiger partial charge < -0.3 is 9.84 Å². The highest BCUT2D eigenvalue weighted by molar-refractivity contribution is 5.78. The molecule has 2 rings (SSSR count). The number of rotatable bonds is 3. The van der Waals surface area contributed by atoms with Crippen molar-refractivity contribution in [1.82, 2.24) is 0 Å². The molecular formula is C14H18O3. The molecule has 0 bridgehead atoms. The van der Waals surface area contributed by atoms with Crippen LogP contribution >= 0.6 is 0 Å². The Labute approximate surface area is 101 Å². The summed E-state index contributed by atoms with van der Waals surface area (Å²) in [7, 11) is 1.62. The fourth-order valence-corrected chi connectivity index (χ4v) is 2.78. The Hall–Kier alpha value is -1.51. The second-order valence-corrected chi connectivity index (χ2v) is 5.36. The third-order valence-electron chi connectivity index (χ3n) is 3.81. The molecule has 0 aromatic heterocycles. The molecule has 3 nitrogen and oxygen atoms in total. The van der Waals surface area contributed by atoms with Gasteiger partial charge in [-0.05, 0) is 24.0 Å². The van der Waals surface area contributed by atoms with Crippen molar-refractivity contribution in [3.8, 4) is 5.75 Å². The molecule has 3 heteroatoms. The maximum atomic E-state index is 11.2. The zero-order chi connectivity index (χ0) is 12.8. The maximum Gasteiger partial charge on any atom is 0.307 e. The van der Waals surface area contributed by atoms with Crippen LogP contribution in [-0.2, 0) is 4.79 Å². The fraction of sp³-hybridized carbons (Fsp3) is 0.500. The van der Waals surface area contributed by atoms with Gasteiger partial charge >= 0.3 is 5.97 Å². The summed E-state index contributed by atoms with van der Waals surface area (Å²) in [5.74, 6) is -0.186. The molecule has 0 spiro atoms. The highest BCUT2D eigenvalue weighted by Crippen LogP contribution is 2.65. The van der Waals surface area contributed by atoms with Crippen LogP contribution in [0.4, 0.5) is 0 Å². The number of aryl methyl sites for hydroxylation is 1. The molecular weight excluding hydrogens is 216 g/mol. The molecule has 0 heterocycles. The quantitative estimate of drug-likeness (QED) is 0.874. The van der Waals surface area contributed by atoms with Crippen molar-refractivity contribution in [1.29, 1.82) is 0 Å². The molecule has 1 aromatic rings. The van der Waals surface area contributed by atoms with Crippen molar-refractivity contribution in [2.24, 2.45) is 11.3 Å². The van der Waals surface area contributed by atoms with E-state index in [1.807, 2.05) is 39.0 Å². The van der Waals surface area contributed by atoms with E-state index in [0.29, 0.717) is 0 Å². The molecule has 1 aromatic carbocycles. The third kappa shape index (κ3) is 1.79. The van der Waals surface area contributed by atoms with Gasteiger partial charge in [0, 0.05) is 5.92 Å². The first-order valence-electron chi connectivity index (χ1n) is 5.77. The summed E-state index contributed by atoms with van der Waals surface area (Å²) in [5.41, 5.74) is 1.96. The molecule has 1 aliphatic carbocycles. The van der Waals surface area contributed by atoms with Crippen LogP contribution in [0, 0.1) is 18.3 Å². The van der Waals surface area contributed by atoms with Crippen molar-refractivity contribution < 1.29 is 14.6 Å². The smallest absolute Gasteiger partial charge is 0.307 e. The zero-order valence-corrected chi connectivity index (χ0v) is 10.7. The lowest BCUT2D eigenvalue weighted by molar-refractivity contribution is -0.139. The van der Waals surface area contributed by atoms with E-state index in [1.165, 1.54) is 0 Å². The number of benzene rings is 1. The van der Waals surface area contributed by atoms with Crippen LogP contribution in [0.25, 0.3) is 0 Å². The summed E-state index contributed by atoms with van der Waals surface area (Å²) in [6.07, 6.45) is 0. The lowest BCUT2D eigenvalue weighted by Crippen LogP contribution is -2.03. The van der Waals surface area contributed by atoms with Gasteiger partial charge in [0.05, 0.1) is 13.0 Å².